The Morgan fingerprint density at radius 2 is 2.13 bits per heavy atom. The van der Waals surface area contributed by atoms with Crippen LogP contribution >= 0.6 is 0 Å². The number of ether oxygens (including phenoxy) is 1. The van der Waals surface area contributed by atoms with E-state index in [9.17, 15) is 19.5 Å². The SMILES string of the molecule is Cn1cc(C(=O)N2CCOc3cc(O)ccc3C2)c(=O)[nH]c1=O. The average molecular weight is 317 g/mol. The standard InChI is InChI=1S/C15H15N3O5/c1-17-8-11(13(20)16-15(17)22)14(21)18-4-5-23-12-6-10(19)3-2-9(12)7-18/h2-3,6,8,19H,4-5,7H2,1H3,(H,16,20,22). The minimum atomic E-state index is -0.714. The van der Waals surface area contributed by atoms with Crippen molar-refractivity contribution in [2.75, 3.05) is 13.2 Å². The number of aromatic amines is 1. The first kappa shape index (κ1) is 14.9. The van der Waals surface area contributed by atoms with Gasteiger partial charge in [-0.15, -0.1) is 0 Å². The van der Waals surface area contributed by atoms with Crippen LogP contribution in [0, 0.1) is 0 Å². The first-order valence-electron chi connectivity index (χ1n) is 6.99. The summed E-state index contributed by atoms with van der Waals surface area (Å²) in [5.41, 5.74) is -0.662. The number of aromatic hydroxyl groups is 1. The number of amides is 1. The molecule has 1 amide bonds. The number of carbonyl (C=O) groups excluding carboxylic acids is 1. The Labute approximate surface area is 130 Å². The second kappa shape index (κ2) is 5.64. The highest BCUT2D eigenvalue weighted by Gasteiger charge is 2.23. The molecule has 0 saturated carbocycles. The Balaban J connectivity index is 1.94. The van der Waals surface area contributed by atoms with Gasteiger partial charge in [0.25, 0.3) is 11.5 Å². The van der Waals surface area contributed by atoms with E-state index < -0.39 is 17.2 Å². The number of carbonyl (C=O) groups is 1. The highest BCUT2D eigenvalue weighted by Crippen LogP contribution is 2.27. The normalized spacial score (nSPS) is 13.9. The van der Waals surface area contributed by atoms with Crippen LogP contribution in [0.5, 0.6) is 11.5 Å². The lowest BCUT2D eigenvalue weighted by Gasteiger charge is -2.19. The van der Waals surface area contributed by atoms with Gasteiger partial charge in [-0.2, -0.15) is 0 Å². The van der Waals surface area contributed by atoms with Crippen molar-refractivity contribution in [1.82, 2.24) is 14.5 Å². The Hall–Kier alpha value is -3.03. The number of phenolic OH excluding ortho intramolecular Hbond substituents is 1. The van der Waals surface area contributed by atoms with Gasteiger partial charge < -0.3 is 19.3 Å². The molecule has 0 saturated heterocycles. The summed E-state index contributed by atoms with van der Waals surface area (Å²) in [6.45, 7) is 0.777. The van der Waals surface area contributed by atoms with Gasteiger partial charge in [0.1, 0.15) is 23.7 Å². The molecule has 1 aliphatic heterocycles. The van der Waals surface area contributed by atoms with Crippen molar-refractivity contribution in [3.63, 3.8) is 0 Å². The fourth-order valence-corrected chi connectivity index (χ4v) is 2.42. The lowest BCUT2D eigenvalue weighted by Crippen LogP contribution is -2.39. The third-order valence-corrected chi connectivity index (χ3v) is 3.66. The van der Waals surface area contributed by atoms with Gasteiger partial charge in [0.05, 0.1) is 6.54 Å². The van der Waals surface area contributed by atoms with E-state index in [4.69, 9.17) is 4.74 Å². The molecular weight excluding hydrogens is 302 g/mol. The van der Waals surface area contributed by atoms with E-state index in [-0.39, 0.29) is 31.0 Å². The Kier molecular flexibility index (Phi) is 3.65. The van der Waals surface area contributed by atoms with Crippen LogP contribution in [-0.4, -0.2) is 38.6 Å². The van der Waals surface area contributed by atoms with Crippen molar-refractivity contribution in [3.05, 3.63) is 56.4 Å². The molecule has 2 heterocycles. The summed E-state index contributed by atoms with van der Waals surface area (Å²) in [4.78, 5) is 39.4. The molecule has 8 heteroatoms. The van der Waals surface area contributed by atoms with E-state index in [0.717, 1.165) is 10.1 Å². The van der Waals surface area contributed by atoms with Gasteiger partial charge >= 0.3 is 5.69 Å². The summed E-state index contributed by atoms with van der Waals surface area (Å²) in [5, 5.41) is 9.49. The van der Waals surface area contributed by atoms with Crippen LogP contribution < -0.4 is 16.0 Å². The molecular formula is C15H15N3O5. The molecule has 8 nitrogen and oxygen atoms in total. The van der Waals surface area contributed by atoms with Crippen LogP contribution in [0.2, 0.25) is 0 Å². The monoisotopic (exact) mass is 317 g/mol. The molecule has 0 unspecified atom stereocenters. The van der Waals surface area contributed by atoms with E-state index in [1.54, 1.807) is 6.07 Å². The fraction of sp³-hybridized carbons (Fsp3) is 0.267. The molecule has 3 rings (SSSR count). The Morgan fingerprint density at radius 1 is 1.35 bits per heavy atom. The molecule has 0 bridgehead atoms. The van der Waals surface area contributed by atoms with Crippen LogP contribution in [0.25, 0.3) is 0 Å². The largest absolute Gasteiger partial charge is 0.508 e. The van der Waals surface area contributed by atoms with Gasteiger partial charge in [0, 0.05) is 31.4 Å². The molecule has 1 aromatic heterocycles. The number of benzene rings is 1. The van der Waals surface area contributed by atoms with Gasteiger partial charge in [-0.1, -0.05) is 0 Å². The number of nitrogens with one attached hydrogen (secondary N) is 1. The molecule has 1 aromatic carbocycles. The van der Waals surface area contributed by atoms with Crippen LogP contribution in [0.3, 0.4) is 0 Å². The number of hydrogen-bond acceptors (Lipinski definition) is 5. The van der Waals surface area contributed by atoms with Crippen molar-refractivity contribution in [1.29, 1.82) is 0 Å². The van der Waals surface area contributed by atoms with Crippen molar-refractivity contribution in [2.24, 2.45) is 7.05 Å². The molecule has 0 fully saturated rings. The first-order valence-corrected chi connectivity index (χ1v) is 6.99. The quantitative estimate of drug-likeness (QED) is 0.759. The zero-order chi connectivity index (χ0) is 16.6. The minimum Gasteiger partial charge on any atom is -0.508 e. The summed E-state index contributed by atoms with van der Waals surface area (Å²) in [6.07, 6.45) is 1.23. The lowest BCUT2D eigenvalue weighted by atomic mass is 10.1. The summed E-state index contributed by atoms with van der Waals surface area (Å²) in [5.74, 6) is 0.110. The molecule has 0 radical (unpaired) electrons. The van der Waals surface area contributed by atoms with Gasteiger partial charge in [-0.25, -0.2) is 4.79 Å². The third-order valence-electron chi connectivity index (χ3n) is 3.66. The van der Waals surface area contributed by atoms with Gasteiger partial charge in [-0.05, 0) is 12.1 Å². The number of aryl methyl sites for hydroxylation is 1. The smallest absolute Gasteiger partial charge is 0.328 e. The Bertz CT molecular complexity index is 883. The second-order valence-corrected chi connectivity index (χ2v) is 5.28. The van der Waals surface area contributed by atoms with Crippen LogP contribution in [0.4, 0.5) is 0 Å². The maximum atomic E-state index is 12.6. The van der Waals surface area contributed by atoms with E-state index in [1.807, 2.05) is 0 Å². The summed E-state index contributed by atoms with van der Waals surface area (Å²) in [6, 6.07) is 4.67. The number of rotatable bonds is 1. The van der Waals surface area contributed by atoms with Gasteiger partial charge in [-0.3, -0.25) is 14.6 Å². The zero-order valence-electron chi connectivity index (χ0n) is 12.4. The predicted molar refractivity (Wildman–Crippen MR) is 80.6 cm³/mol. The number of hydrogen-bond donors (Lipinski definition) is 2. The molecule has 1 aliphatic rings. The highest BCUT2D eigenvalue weighted by atomic mass is 16.5. The molecule has 2 aromatic rings. The number of fused-ring (bicyclic) bond motifs is 1. The maximum Gasteiger partial charge on any atom is 0.328 e. The zero-order valence-corrected chi connectivity index (χ0v) is 12.4. The summed E-state index contributed by atoms with van der Waals surface area (Å²) in [7, 11) is 1.46. The van der Waals surface area contributed by atoms with E-state index in [0.29, 0.717) is 5.75 Å². The molecule has 0 aliphatic carbocycles. The van der Waals surface area contributed by atoms with Crippen molar-refractivity contribution < 1.29 is 14.6 Å². The molecule has 0 spiro atoms. The average Bonchev–Trinajstić information content (AvgIpc) is 2.72. The molecule has 23 heavy (non-hydrogen) atoms. The van der Waals surface area contributed by atoms with Crippen LogP contribution in [-0.2, 0) is 13.6 Å². The predicted octanol–water partition coefficient (Wildman–Crippen LogP) is -0.186. The third kappa shape index (κ3) is 2.83. The first-order chi connectivity index (χ1) is 11.0. The number of nitrogens with zero attached hydrogens (tertiary/aromatic N) is 2. The molecule has 0 atom stereocenters. The highest BCUT2D eigenvalue weighted by molar-refractivity contribution is 5.93. The maximum absolute atomic E-state index is 12.6. The Morgan fingerprint density at radius 3 is 2.91 bits per heavy atom. The number of H-pyrrole nitrogens is 1. The van der Waals surface area contributed by atoms with Crippen LogP contribution in [0.15, 0.2) is 34.0 Å². The topological polar surface area (TPSA) is 105 Å². The summed E-state index contributed by atoms with van der Waals surface area (Å²) >= 11 is 0. The number of aromatic nitrogens is 2. The fourth-order valence-electron chi connectivity index (χ4n) is 2.42. The summed E-state index contributed by atoms with van der Waals surface area (Å²) < 4.78 is 6.67. The lowest BCUT2D eigenvalue weighted by molar-refractivity contribution is 0.0730. The molecule has 2 N–H and O–H groups in total. The van der Waals surface area contributed by atoms with Gasteiger partial charge in [0.2, 0.25) is 0 Å². The van der Waals surface area contributed by atoms with Crippen LogP contribution in [0.1, 0.15) is 15.9 Å². The van der Waals surface area contributed by atoms with E-state index in [1.165, 1.54) is 30.3 Å². The van der Waals surface area contributed by atoms with E-state index >= 15 is 0 Å². The van der Waals surface area contributed by atoms with E-state index in [2.05, 4.69) is 4.98 Å². The molecule has 120 valence electrons. The number of phenols is 1. The van der Waals surface area contributed by atoms with Gasteiger partial charge in [0.15, 0.2) is 0 Å². The van der Waals surface area contributed by atoms with Crippen molar-refractivity contribution >= 4 is 5.91 Å². The second-order valence-electron chi connectivity index (χ2n) is 5.28. The van der Waals surface area contributed by atoms with Crippen molar-refractivity contribution in [2.45, 2.75) is 6.54 Å². The van der Waals surface area contributed by atoms with Crippen molar-refractivity contribution in [3.8, 4) is 11.5 Å². The minimum absolute atomic E-state index is 0.0815.